The minimum Gasteiger partial charge on any atom is -0.464 e. The standard InChI is InChI=1S/C23H16F2N4O4/c1-2-31-23-26-11-14-9-17(13-3-8-19-18(10-13)27-12-32-19)21(30)29(20(14)28-23)15-4-6-16(7-5-15)33-22(24)25/h3-12,22H,2H2,1H3. The molecule has 0 amide bonds. The van der Waals surface area contributed by atoms with E-state index in [4.69, 9.17) is 9.15 Å². The zero-order chi connectivity index (χ0) is 22.9. The number of aromatic nitrogens is 4. The molecule has 0 radical (unpaired) electrons. The van der Waals surface area contributed by atoms with E-state index in [1.54, 1.807) is 37.4 Å². The highest BCUT2D eigenvalue weighted by molar-refractivity contribution is 5.85. The summed E-state index contributed by atoms with van der Waals surface area (Å²) in [6, 6.07) is 12.8. The Kier molecular flexibility index (Phi) is 5.17. The van der Waals surface area contributed by atoms with E-state index in [0.29, 0.717) is 45.6 Å². The number of ether oxygens (including phenoxy) is 2. The quantitative estimate of drug-likeness (QED) is 0.374. The van der Waals surface area contributed by atoms with E-state index in [1.807, 2.05) is 0 Å². The van der Waals surface area contributed by atoms with Crippen molar-refractivity contribution in [2.45, 2.75) is 13.5 Å². The summed E-state index contributed by atoms with van der Waals surface area (Å²) in [5, 5.41) is 0.584. The summed E-state index contributed by atoms with van der Waals surface area (Å²) in [4.78, 5) is 26.4. The van der Waals surface area contributed by atoms with Gasteiger partial charge in [0.15, 0.2) is 17.6 Å². The Balaban J connectivity index is 1.74. The highest BCUT2D eigenvalue weighted by Crippen LogP contribution is 2.26. The van der Waals surface area contributed by atoms with E-state index in [1.165, 1.54) is 35.2 Å². The molecule has 2 aromatic carbocycles. The number of oxazole rings is 1. The van der Waals surface area contributed by atoms with Gasteiger partial charge in [0.2, 0.25) is 0 Å². The summed E-state index contributed by atoms with van der Waals surface area (Å²) in [6.07, 6.45) is 2.90. The minimum absolute atomic E-state index is 0.0247. The van der Waals surface area contributed by atoms with E-state index < -0.39 is 6.61 Å². The Morgan fingerprint density at radius 3 is 2.67 bits per heavy atom. The summed E-state index contributed by atoms with van der Waals surface area (Å²) in [5.74, 6) is -0.0247. The van der Waals surface area contributed by atoms with E-state index in [-0.39, 0.29) is 17.3 Å². The lowest BCUT2D eigenvalue weighted by atomic mass is 10.1. The molecule has 10 heteroatoms. The van der Waals surface area contributed by atoms with Crippen LogP contribution >= 0.6 is 0 Å². The van der Waals surface area contributed by atoms with Crippen molar-refractivity contribution in [2.24, 2.45) is 0 Å². The first kappa shape index (κ1) is 20.6. The number of nitrogens with zero attached hydrogens (tertiary/aromatic N) is 4. The van der Waals surface area contributed by atoms with Crippen LogP contribution < -0.4 is 15.0 Å². The molecule has 5 rings (SSSR count). The van der Waals surface area contributed by atoms with Crippen LogP contribution in [0.2, 0.25) is 0 Å². The van der Waals surface area contributed by atoms with E-state index in [2.05, 4.69) is 19.7 Å². The number of alkyl halides is 2. The average Bonchev–Trinajstić information content (AvgIpc) is 3.27. The maximum absolute atomic E-state index is 13.7. The number of rotatable bonds is 6. The first-order valence-electron chi connectivity index (χ1n) is 9.98. The third kappa shape index (κ3) is 3.86. The van der Waals surface area contributed by atoms with Crippen LogP contribution in [0.5, 0.6) is 11.8 Å². The largest absolute Gasteiger partial charge is 0.464 e. The molecule has 0 N–H and O–H groups in total. The van der Waals surface area contributed by atoms with Crippen LogP contribution in [0.1, 0.15) is 6.92 Å². The smallest absolute Gasteiger partial charge is 0.387 e. The SMILES string of the molecule is CCOc1ncc2cc(-c3ccc4ocnc4c3)c(=O)n(-c3ccc(OC(F)F)cc3)c2n1. The third-order valence-electron chi connectivity index (χ3n) is 4.95. The first-order valence-corrected chi connectivity index (χ1v) is 9.98. The molecule has 3 heterocycles. The fraction of sp³-hybridized carbons (Fsp3) is 0.130. The molecule has 0 saturated heterocycles. The molecule has 5 aromatic rings. The topological polar surface area (TPSA) is 92.3 Å². The predicted octanol–water partition coefficient (Wildman–Crippen LogP) is 4.59. The molecule has 0 spiro atoms. The summed E-state index contributed by atoms with van der Waals surface area (Å²) < 4.78 is 41.6. The fourth-order valence-electron chi connectivity index (χ4n) is 3.53. The molecular formula is C23H16F2N4O4. The molecule has 0 atom stereocenters. The third-order valence-corrected chi connectivity index (χ3v) is 4.95. The molecule has 0 saturated carbocycles. The number of pyridine rings is 1. The fourth-order valence-corrected chi connectivity index (χ4v) is 3.53. The zero-order valence-electron chi connectivity index (χ0n) is 17.2. The van der Waals surface area contributed by atoms with Crippen molar-refractivity contribution >= 4 is 22.1 Å². The Hall–Kier alpha value is -4.34. The van der Waals surface area contributed by atoms with Gasteiger partial charge in [-0.15, -0.1) is 0 Å². The van der Waals surface area contributed by atoms with Crippen molar-refractivity contribution in [3.63, 3.8) is 0 Å². The molecule has 3 aromatic heterocycles. The van der Waals surface area contributed by atoms with Crippen LogP contribution in [0.3, 0.4) is 0 Å². The van der Waals surface area contributed by atoms with Gasteiger partial charge in [0.25, 0.3) is 5.56 Å². The molecule has 0 fully saturated rings. The lowest BCUT2D eigenvalue weighted by Crippen LogP contribution is -2.21. The number of fused-ring (bicyclic) bond motifs is 2. The van der Waals surface area contributed by atoms with Crippen molar-refractivity contribution in [3.05, 3.63) is 71.5 Å². The molecule has 0 aliphatic carbocycles. The van der Waals surface area contributed by atoms with Crippen LogP contribution in [0.4, 0.5) is 8.78 Å². The van der Waals surface area contributed by atoms with Gasteiger partial charge in [-0.3, -0.25) is 9.36 Å². The molecule has 8 nitrogen and oxygen atoms in total. The summed E-state index contributed by atoms with van der Waals surface area (Å²) in [5.41, 5.74) is 2.57. The lowest BCUT2D eigenvalue weighted by Gasteiger charge is -2.14. The van der Waals surface area contributed by atoms with Crippen molar-refractivity contribution in [3.8, 4) is 28.6 Å². The highest BCUT2D eigenvalue weighted by atomic mass is 19.3. The van der Waals surface area contributed by atoms with Gasteiger partial charge >= 0.3 is 12.6 Å². The second-order valence-electron chi connectivity index (χ2n) is 6.97. The first-order chi connectivity index (χ1) is 16.0. The minimum atomic E-state index is -2.95. The van der Waals surface area contributed by atoms with Crippen LogP contribution in [0.25, 0.3) is 38.9 Å². The normalized spacial score (nSPS) is 11.4. The van der Waals surface area contributed by atoms with Crippen LogP contribution in [0, 0.1) is 0 Å². The number of halogens is 2. The Bertz CT molecular complexity index is 1510. The van der Waals surface area contributed by atoms with Crippen LogP contribution in [-0.2, 0) is 0 Å². The van der Waals surface area contributed by atoms with E-state index >= 15 is 0 Å². The van der Waals surface area contributed by atoms with E-state index in [0.717, 1.165) is 0 Å². The Morgan fingerprint density at radius 2 is 1.91 bits per heavy atom. The molecule has 0 aliphatic rings. The molecule has 0 aliphatic heterocycles. The van der Waals surface area contributed by atoms with Crippen molar-refractivity contribution in [1.29, 1.82) is 0 Å². The van der Waals surface area contributed by atoms with Gasteiger partial charge in [-0.1, -0.05) is 6.07 Å². The number of benzene rings is 2. The van der Waals surface area contributed by atoms with Gasteiger partial charge < -0.3 is 13.9 Å². The lowest BCUT2D eigenvalue weighted by molar-refractivity contribution is -0.0498. The maximum Gasteiger partial charge on any atom is 0.387 e. The van der Waals surface area contributed by atoms with Crippen molar-refractivity contribution < 1.29 is 22.7 Å². The summed E-state index contributed by atoms with van der Waals surface area (Å²) >= 11 is 0. The summed E-state index contributed by atoms with van der Waals surface area (Å²) in [7, 11) is 0. The molecule has 33 heavy (non-hydrogen) atoms. The average molecular weight is 450 g/mol. The summed E-state index contributed by atoms with van der Waals surface area (Å²) in [6.45, 7) is -0.799. The molecule has 0 unspecified atom stereocenters. The second kappa shape index (κ2) is 8.30. The number of hydrogen-bond acceptors (Lipinski definition) is 7. The van der Waals surface area contributed by atoms with E-state index in [9.17, 15) is 13.6 Å². The predicted molar refractivity (Wildman–Crippen MR) is 116 cm³/mol. The number of hydrogen-bond donors (Lipinski definition) is 0. The van der Waals surface area contributed by atoms with Gasteiger partial charge in [-0.25, -0.2) is 9.97 Å². The van der Waals surface area contributed by atoms with Gasteiger partial charge in [-0.05, 0) is 55.0 Å². The van der Waals surface area contributed by atoms with Gasteiger partial charge in [-0.2, -0.15) is 13.8 Å². The van der Waals surface area contributed by atoms with Gasteiger partial charge in [0.1, 0.15) is 11.3 Å². The monoisotopic (exact) mass is 450 g/mol. The van der Waals surface area contributed by atoms with Gasteiger partial charge in [0.05, 0.1) is 12.3 Å². The van der Waals surface area contributed by atoms with Crippen molar-refractivity contribution in [1.82, 2.24) is 19.5 Å². The second-order valence-corrected chi connectivity index (χ2v) is 6.97. The van der Waals surface area contributed by atoms with Crippen LogP contribution in [0.15, 0.2) is 70.3 Å². The highest BCUT2D eigenvalue weighted by Gasteiger charge is 2.16. The van der Waals surface area contributed by atoms with Crippen molar-refractivity contribution in [2.75, 3.05) is 6.61 Å². The van der Waals surface area contributed by atoms with Crippen LogP contribution in [-0.4, -0.2) is 32.7 Å². The molecule has 166 valence electrons. The molecule has 0 bridgehead atoms. The molecular weight excluding hydrogens is 434 g/mol. The van der Waals surface area contributed by atoms with Gasteiger partial charge in [0, 0.05) is 17.1 Å². The Morgan fingerprint density at radius 1 is 1.09 bits per heavy atom. The Labute approximate surface area is 185 Å². The zero-order valence-corrected chi connectivity index (χ0v) is 17.2. The maximum atomic E-state index is 13.7.